The Hall–Kier alpha value is -1.58. The zero-order valence-electron chi connectivity index (χ0n) is 16.1. The lowest BCUT2D eigenvalue weighted by molar-refractivity contribution is -0.179. The van der Waals surface area contributed by atoms with Crippen molar-refractivity contribution in [2.24, 2.45) is 5.41 Å². The number of carbonyl (C=O) groups is 2. The third-order valence-corrected chi connectivity index (χ3v) is 5.16. The highest BCUT2D eigenvalue weighted by Crippen LogP contribution is 2.45. The third-order valence-electron chi connectivity index (χ3n) is 5.16. The molecule has 0 radical (unpaired) electrons. The summed E-state index contributed by atoms with van der Waals surface area (Å²) in [5.41, 5.74) is -3.29. The largest absolute Gasteiger partial charge is 0.481 e. The van der Waals surface area contributed by atoms with Crippen molar-refractivity contribution in [1.82, 2.24) is 9.80 Å². The minimum atomic E-state index is -3.73. The summed E-state index contributed by atoms with van der Waals surface area (Å²) in [5, 5.41) is 9.05. The van der Waals surface area contributed by atoms with E-state index in [1.807, 2.05) is 0 Å². The molecule has 0 aromatic carbocycles. The topological polar surface area (TPSA) is 70.1 Å². The van der Waals surface area contributed by atoms with Crippen LogP contribution >= 0.6 is 0 Å². The first-order valence-electron chi connectivity index (χ1n) is 8.72. The minimum Gasteiger partial charge on any atom is -0.481 e. The van der Waals surface area contributed by atoms with Gasteiger partial charge >= 0.3 is 12.1 Å². The van der Waals surface area contributed by atoms with Crippen LogP contribution in [0, 0.1) is 5.41 Å². The van der Waals surface area contributed by atoms with E-state index in [1.54, 1.807) is 20.8 Å². The first kappa shape index (κ1) is 21.7. The van der Waals surface area contributed by atoms with E-state index in [-0.39, 0.29) is 13.0 Å². The Bertz CT molecular complexity index is 619. The molecule has 1 amide bonds. The Kier molecular flexibility index (Phi) is 5.22. The summed E-state index contributed by atoms with van der Waals surface area (Å²) in [7, 11) is 0. The third kappa shape index (κ3) is 4.00. The molecular formula is C17H26F4N2O4. The quantitative estimate of drug-likeness (QED) is 0.737. The number of likely N-dealkylation sites (tertiary alicyclic amines) is 2. The number of alkyl halides is 4. The highest BCUT2D eigenvalue weighted by Gasteiger charge is 2.63. The van der Waals surface area contributed by atoms with Crippen molar-refractivity contribution in [3.63, 3.8) is 0 Å². The van der Waals surface area contributed by atoms with Gasteiger partial charge in [-0.05, 0) is 41.0 Å². The SMILES string of the molecule is CC(C)(C)OC(=O)N1CC(F)(F)[C@H]2[C@@H]1CCN2CC(F)(F)C(C)(C)C(=O)O. The second-order valence-electron chi connectivity index (χ2n) is 8.78. The molecule has 156 valence electrons. The van der Waals surface area contributed by atoms with E-state index in [1.165, 1.54) is 0 Å². The Labute approximate surface area is 155 Å². The molecule has 2 atom stereocenters. The van der Waals surface area contributed by atoms with Gasteiger partial charge in [0.05, 0.1) is 25.2 Å². The maximum Gasteiger partial charge on any atom is 0.410 e. The van der Waals surface area contributed by atoms with Gasteiger partial charge in [-0.3, -0.25) is 14.6 Å². The van der Waals surface area contributed by atoms with Crippen LogP contribution in [0.2, 0.25) is 0 Å². The van der Waals surface area contributed by atoms with Gasteiger partial charge in [-0.25, -0.2) is 22.4 Å². The van der Waals surface area contributed by atoms with Gasteiger partial charge in [0.25, 0.3) is 11.8 Å². The number of amides is 1. The summed E-state index contributed by atoms with van der Waals surface area (Å²) >= 11 is 0. The van der Waals surface area contributed by atoms with Crippen molar-refractivity contribution in [3.05, 3.63) is 0 Å². The summed E-state index contributed by atoms with van der Waals surface area (Å²) in [6.45, 7) is 4.41. The summed E-state index contributed by atoms with van der Waals surface area (Å²) in [4.78, 5) is 25.2. The molecule has 0 spiro atoms. The molecule has 0 aromatic heterocycles. The monoisotopic (exact) mass is 398 g/mol. The molecule has 2 rings (SSSR count). The van der Waals surface area contributed by atoms with Crippen LogP contribution in [0.5, 0.6) is 0 Å². The highest BCUT2D eigenvalue weighted by molar-refractivity contribution is 5.75. The fourth-order valence-electron chi connectivity index (χ4n) is 3.46. The van der Waals surface area contributed by atoms with Crippen LogP contribution in [0.15, 0.2) is 0 Å². The summed E-state index contributed by atoms with van der Waals surface area (Å²) in [6, 6.07) is -2.56. The van der Waals surface area contributed by atoms with Gasteiger partial charge in [-0.1, -0.05) is 0 Å². The molecule has 0 unspecified atom stereocenters. The van der Waals surface area contributed by atoms with Crippen LogP contribution in [0.25, 0.3) is 0 Å². The molecule has 0 saturated carbocycles. The minimum absolute atomic E-state index is 0.0864. The average Bonchev–Trinajstić information content (AvgIpc) is 2.96. The lowest BCUT2D eigenvalue weighted by atomic mass is 9.85. The van der Waals surface area contributed by atoms with Crippen molar-refractivity contribution >= 4 is 12.1 Å². The molecule has 27 heavy (non-hydrogen) atoms. The van der Waals surface area contributed by atoms with Crippen molar-refractivity contribution in [3.8, 4) is 0 Å². The van der Waals surface area contributed by atoms with E-state index in [2.05, 4.69) is 0 Å². The summed E-state index contributed by atoms with van der Waals surface area (Å²) in [6.07, 6.45) is -0.822. The number of hydrogen-bond donors (Lipinski definition) is 1. The molecule has 0 aliphatic carbocycles. The van der Waals surface area contributed by atoms with Crippen molar-refractivity contribution in [2.75, 3.05) is 19.6 Å². The Morgan fingerprint density at radius 1 is 1.19 bits per heavy atom. The van der Waals surface area contributed by atoms with Crippen molar-refractivity contribution < 1.29 is 37.0 Å². The van der Waals surface area contributed by atoms with Crippen LogP contribution < -0.4 is 0 Å². The predicted octanol–water partition coefficient (Wildman–Crippen LogP) is 3.06. The normalized spacial score (nSPS) is 26.2. The lowest BCUT2D eigenvalue weighted by Crippen LogP contribution is -2.54. The van der Waals surface area contributed by atoms with Crippen LogP contribution in [0.4, 0.5) is 22.4 Å². The molecule has 1 N–H and O–H groups in total. The van der Waals surface area contributed by atoms with Crippen LogP contribution in [0.1, 0.15) is 41.0 Å². The second kappa shape index (κ2) is 6.49. The number of ether oxygens (including phenoxy) is 1. The number of nitrogens with zero attached hydrogens (tertiary/aromatic N) is 2. The van der Waals surface area contributed by atoms with E-state index < -0.39 is 60.1 Å². The Morgan fingerprint density at radius 2 is 1.74 bits per heavy atom. The standard InChI is InChI=1S/C17H26F4N2O4/c1-14(2,3)27-13(26)23-8-16(18,19)11-10(23)6-7-22(11)9-17(20,21)15(4,5)12(24)25/h10-11H,6-9H2,1-5H3,(H,24,25)/t10-,11+/m0/s1. The Balaban J connectivity index is 2.21. The van der Waals surface area contributed by atoms with E-state index in [9.17, 15) is 27.2 Å². The fourth-order valence-corrected chi connectivity index (χ4v) is 3.46. The van der Waals surface area contributed by atoms with Crippen LogP contribution in [-0.2, 0) is 9.53 Å². The smallest absolute Gasteiger partial charge is 0.410 e. The van der Waals surface area contributed by atoms with E-state index in [0.29, 0.717) is 0 Å². The predicted molar refractivity (Wildman–Crippen MR) is 88.0 cm³/mol. The van der Waals surface area contributed by atoms with Crippen molar-refractivity contribution in [1.29, 1.82) is 0 Å². The van der Waals surface area contributed by atoms with E-state index in [4.69, 9.17) is 9.84 Å². The molecule has 2 heterocycles. The number of aliphatic carboxylic acids is 1. The molecular weight excluding hydrogens is 372 g/mol. The van der Waals surface area contributed by atoms with Gasteiger partial charge in [0.2, 0.25) is 0 Å². The van der Waals surface area contributed by atoms with Gasteiger partial charge in [0.1, 0.15) is 11.0 Å². The van der Waals surface area contributed by atoms with Gasteiger partial charge in [-0.15, -0.1) is 0 Å². The molecule has 2 aliphatic rings. The van der Waals surface area contributed by atoms with E-state index >= 15 is 0 Å². The summed E-state index contributed by atoms with van der Waals surface area (Å²) < 4.78 is 63.3. The number of rotatable bonds is 4. The van der Waals surface area contributed by atoms with Crippen LogP contribution in [-0.4, -0.2) is 76.1 Å². The molecule has 2 saturated heterocycles. The van der Waals surface area contributed by atoms with Gasteiger partial charge in [0.15, 0.2) is 0 Å². The number of fused-ring (bicyclic) bond motifs is 1. The number of carboxylic acids is 1. The number of hydrogen-bond acceptors (Lipinski definition) is 4. The van der Waals surface area contributed by atoms with Crippen LogP contribution in [0.3, 0.4) is 0 Å². The molecule has 2 aliphatic heterocycles. The van der Waals surface area contributed by atoms with Crippen molar-refractivity contribution in [2.45, 2.75) is 70.6 Å². The van der Waals surface area contributed by atoms with Gasteiger partial charge in [-0.2, -0.15) is 0 Å². The molecule has 0 bridgehead atoms. The lowest BCUT2D eigenvalue weighted by Gasteiger charge is -2.36. The molecule has 10 heteroatoms. The number of carbonyl (C=O) groups excluding carboxylic acids is 1. The zero-order valence-corrected chi connectivity index (χ0v) is 16.1. The summed E-state index contributed by atoms with van der Waals surface area (Å²) in [5.74, 6) is -8.85. The molecule has 0 aromatic rings. The Morgan fingerprint density at radius 3 is 2.22 bits per heavy atom. The van der Waals surface area contributed by atoms with Gasteiger partial charge in [0, 0.05) is 6.54 Å². The maximum absolute atomic E-state index is 14.6. The first-order valence-corrected chi connectivity index (χ1v) is 8.72. The zero-order chi connectivity index (χ0) is 21.0. The number of halogens is 4. The number of carboxylic acid groups (broad SMARTS) is 1. The first-order chi connectivity index (χ1) is 12.0. The van der Waals surface area contributed by atoms with E-state index in [0.717, 1.165) is 23.6 Å². The molecule has 6 nitrogen and oxygen atoms in total. The highest BCUT2D eigenvalue weighted by atomic mass is 19.3. The average molecular weight is 398 g/mol. The molecule has 2 fully saturated rings. The maximum atomic E-state index is 14.6. The fraction of sp³-hybridized carbons (Fsp3) is 0.882. The second-order valence-corrected chi connectivity index (χ2v) is 8.78. The van der Waals surface area contributed by atoms with Gasteiger partial charge < -0.3 is 9.84 Å².